The summed E-state index contributed by atoms with van der Waals surface area (Å²) in [5.41, 5.74) is 0.922. The molecule has 8 aliphatic rings. The molecular formula is C23H32N2. The van der Waals surface area contributed by atoms with Crippen molar-refractivity contribution in [3.63, 3.8) is 0 Å². The van der Waals surface area contributed by atoms with Crippen LogP contribution in [0.1, 0.15) is 82.9 Å². The third-order valence-electron chi connectivity index (χ3n) is 9.67. The van der Waals surface area contributed by atoms with Crippen molar-refractivity contribution in [1.82, 2.24) is 9.55 Å². The topological polar surface area (TPSA) is 17.8 Å². The van der Waals surface area contributed by atoms with Crippen molar-refractivity contribution in [3.8, 4) is 0 Å². The molecule has 0 atom stereocenters. The molecule has 1 aromatic rings. The van der Waals surface area contributed by atoms with Crippen LogP contribution in [0.25, 0.3) is 0 Å². The highest BCUT2D eigenvalue weighted by molar-refractivity contribution is 5.22. The molecule has 0 N–H and O–H groups in total. The van der Waals surface area contributed by atoms with E-state index in [1.54, 1.807) is 25.1 Å². The summed E-state index contributed by atoms with van der Waals surface area (Å²) in [7, 11) is 0. The zero-order valence-corrected chi connectivity index (χ0v) is 15.5. The molecule has 0 spiro atoms. The number of aromatic nitrogens is 2. The van der Waals surface area contributed by atoms with E-state index in [1.807, 2.05) is 0 Å². The highest BCUT2D eigenvalue weighted by Crippen LogP contribution is 2.63. The molecular weight excluding hydrogens is 304 g/mol. The average Bonchev–Trinajstić information content (AvgIpc) is 3.03. The van der Waals surface area contributed by atoms with Crippen molar-refractivity contribution in [3.05, 3.63) is 18.2 Å². The molecule has 0 unspecified atom stereocenters. The Morgan fingerprint density at radius 2 is 1.12 bits per heavy atom. The van der Waals surface area contributed by atoms with E-state index < -0.39 is 0 Å². The maximum absolute atomic E-state index is 5.13. The maximum Gasteiger partial charge on any atom is 0.115 e. The van der Waals surface area contributed by atoms with Gasteiger partial charge in [0.1, 0.15) is 5.82 Å². The van der Waals surface area contributed by atoms with E-state index in [2.05, 4.69) is 17.0 Å². The summed E-state index contributed by atoms with van der Waals surface area (Å²) in [6, 6.07) is 0. The van der Waals surface area contributed by atoms with Gasteiger partial charge in [0, 0.05) is 23.3 Å². The minimum absolute atomic E-state index is 0.460. The Hall–Kier alpha value is -0.790. The molecule has 9 rings (SSSR count). The first-order valence-corrected chi connectivity index (χ1v) is 11.2. The van der Waals surface area contributed by atoms with Gasteiger partial charge in [0.2, 0.25) is 0 Å². The van der Waals surface area contributed by atoms with Gasteiger partial charge in [-0.3, -0.25) is 0 Å². The van der Waals surface area contributed by atoms with Crippen LogP contribution >= 0.6 is 0 Å². The van der Waals surface area contributed by atoms with Gasteiger partial charge in [-0.15, -0.1) is 0 Å². The van der Waals surface area contributed by atoms with Crippen LogP contribution in [0, 0.1) is 35.5 Å². The lowest BCUT2D eigenvalue weighted by Gasteiger charge is -2.60. The maximum atomic E-state index is 5.13. The van der Waals surface area contributed by atoms with Crippen molar-refractivity contribution >= 4 is 0 Å². The Kier molecular flexibility index (Phi) is 2.60. The zero-order valence-electron chi connectivity index (χ0n) is 15.5. The van der Waals surface area contributed by atoms with E-state index >= 15 is 0 Å². The van der Waals surface area contributed by atoms with Crippen molar-refractivity contribution in [1.29, 1.82) is 0 Å². The van der Waals surface area contributed by atoms with Gasteiger partial charge < -0.3 is 4.57 Å². The summed E-state index contributed by atoms with van der Waals surface area (Å²) in [6.45, 7) is 0. The molecule has 0 aliphatic heterocycles. The number of hydrogen-bond acceptors (Lipinski definition) is 1. The van der Waals surface area contributed by atoms with E-state index in [0.29, 0.717) is 11.0 Å². The van der Waals surface area contributed by atoms with E-state index in [9.17, 15) is 0 Å². The zero-order chi connectivity index (χ0) is 16.2. The van der Waals surface area contributed by atoms with Gasteiger partial charge in [-0.25, -0.2) is 4.98 Å². The van der Waals surface area contributed by atoms with Crippen LogP contribution in [-0.4, -0.2) is 9.55 Å². The van der Waals surface area contributed by atoms with Gasteiger partial charge in [-0.05, 0) is 113 Å². The van der Waals surface area contributed by atoms with Crippen LogP contribution in [-0.2, 0) is 11.0 Å². The quantitative estimate of drug-likeness (QED) is 0.719. The number of nitrogens with zero attached hydrogens (tertiary/aromatic N) is 2. The summed E-state index contributed by atoms with van der Waals surface area (Å²) in [4.78, 5) is 5.13. The number of imidazole rings is 1. The summed E-state index contributed by atoms with van der Waals surface area (Å²) >= 11 is 0. The molecule has 2 nitrogen and oxygen atoms in total. The van der Waals surface area contributed by atoms with Crippen LogP contribution in [0.4, 0.5) is 0 Å². The first kappa shape index (κ1) is 14.3. The van der Waals surface area contributed by atoms with Crippen LogP contribution in [0.5, 0.6) is 0 Å². The van der Waals surface area contributed by atoms with Gasteiger partial charge in [-0.2, -0.15) is 0 Å². The molecule has 0 amide bonds. The van der Waals surface area contributed by atoms with E-state index in [1.165, 1.54) is 57.8 Å². The smallest absolute Gasteiger partial charge is 0.115 e. The van der Waals surface area contributed by atoms with Crippen LogP contribution < -0.4 is 0 Å². The predicted octanol–water partition coefficient (Wildman–Crippen LogP) is 5.28. The SMILES string of the molecule is c1cn(C23CC4CC(CC(C4)C2)C3)c(C23CC4CC(CC(C4)C2)C3)n1. The predicted molar refractivity (Wildman–Crippen MR) is 98.2 cm³/mol. The van der Waals surface area contributed by atoms with Crippen molar-refractivity contribution < 1.29 is 0 Å². The van der Waals surface area contributed by atoms with Gasteiger partial charge in [0.25, 0.3) is 0 Å². The van der Waals surface area contributed by atoms with Crippen LogP contribution in [0.2, 0.25) is 0 Å². The third-order valence-corrected chi connectivity index (χ3v) is 9.67. The lowest BCUT2D eigenvalue weighted by atomic mass is 9.49. The minimum atomic E-state index is 0.460. The summed E-state index contributed by atoms with van der Waals surface area (Å²) < 4.78 is 2.81. The first-order chi connectivity index (χ1) is 12.2. The average molecular weight is 337 g/mol. The molecule has 0 saturated heterocycles. The Morgan fingerprint density at radius 3 is 1.60 bits per heavy atom. The Balaban J connectivity index is 1.33. The molecule has 0 radical (unpaired) electrons. The molecule has 134 valence electrons. The van der Waals surface area contributed by atoms with Gasteiger partial charge >= 0.3 is 0 Å². The first-order valence-electron chi connectivity index (χ1n) is 11.2. The van der Waals surface area contributed by atoms with Crippen molar-refractivity contribution in [2.24, 2.45) is 35.5 Å². The van der Waals surface area contributed by atoms with Gasteiger partial charge in [0.05, 0.1) is 0 Å². The summed E-state index contributed by atoms with van der Waals surface area (Å²) in [5.74, 6) is 7.69. The normalized spacial score (nSPS) is 55.2. The Labute approximate surface area is 151 Å². The largest absolute Gasteiger partial charge is 0.328 e. The fourth-order valence-electron chi connectivity index (χ4n) is 9.82. The Bertz CT molecular complexity index is 584. The lowest BCUT2D eigenvalue weighted by Crippen LogP contribution is -2.55. The molecule has 8 bridgehead atoms. The highest BCUT2D eigenvalue weighted by Gasteiger charge is 2.57. The van der Waals surface area contributed by atoms with E-state index in [0.717, 1.165) is 35.5 Å². The van der Waals surface area contributed by atoms with E-state index in [-0.39, 0.29) is 0 Å². The summed E-state index contributed by atoms with van der Waals surface area (Å²) in [5, 5.41) is 0. The fraction of sp³-hybridized carbons (Fsp3) is 0.870. The number of rotatable bonds is 2. The fourth-order valence-corrected chi connectivity index (χ4v) is 9.82. The highest BCUT2D eigenvalue weighted by atomic mass is 15.2. The molecule has 8 fully saturated rings. The van der Waals surface area contributed by atoms with Crippen LogP contribution in [0.15, 0.2) is 12.4 Å². The number of hydrogen-bond donors (Lipinski definition) is 0. The third kappa shape index (κ3) is 1.85. The summed E-state index contributed by atoms with van der Waals surface area (Å²) in [6.07, 6.45) is 22.6. The molecule has 8 aliphatic carbocycles. The molecule has 2 heteroatoms. The van der Waals surface area contributed by atoms with E-state index in [4.69, 9.17) is 4.98 Å². The van der Waals surface area contributed by atoms with Gasteiger partial charge in [0.15, 0.2) is 0 Å². The molecule has 1 heterocycles. The van der Waals surface area contributed by atoms with Gasteiger partial charge in [-0.1, -0.05) is 0 Å². The molecule has 0 aromatic carbocycles. The van der Waals surface area contributed by atoms with Crippen molar-refractivity contribution in [2.45, 2.75) is 88.0 Å². The monoisotopic (exact) mass is 336 g/mol. The van der Waals surface area contributed by atoms with Crippen molar-refractivity contribution in [2.75, 3.05) is 0 Å². The second-order valence-corrected chi connectivity index (χ2v) is 11.5. The minimum Gasteiger partial charge on any atom is -0.328 e. The molecule has 25 heavy (non-hydrogen) atoms. The second-order valence-electron chi connectivity index (χ2n) is 11.5. The Morgan fingerprint density at radius 1 is 0.680 bits per heavy atom. The standard InChI is InChI=1S/C23H32N2/c1-2-25(23-12-18-6-19(13-23)8-20(7-18)14-23)21(24-1)22-9-15-3-16(10-22)5-17(4-15)11-22/h1-2,15-20H,3-14H2. The second kappa shape index (κ2) is 4.54. The molecule has 1 aromatic heterocycles. The van der Waals surface area contributed by atoms with Crippen LogP contribution in [0.3, 0.4) is 0 Å². The lowest BCUT2D eigenvalue weighted by molar-refractivity contribution is -0.0549. The molecule has 8 saturated carbocycles.